The van der Waals surface area contributed by atoms with Crippen LogP contribution in [0.25, 0.3) is 28.1 Å². The molecule has 0 radical (unpaired) electrons. The van der Waals surface area contributed by atoms with Crippen molar-refractivity contribution in [1.82, 2.24) is 19.6 Å². The zero-order valence-electron chi connectivity index (χ0n) is 18.7. The number of nitrogens with two attached hydrogens (primary N) is 1. The maximum atomic E-state index is 6.22. The van der Waals surface area contributed by atoms with E-state index in [9.17, 15) is 0 Å². The first-order valence-corrected chi connectivity index (χ1v) is 11.4. The summed E-state index contributed by atoms with van der Waals surface area (Å²) < 4.78 is 13.5. The number of rotatable bonds is 6. The van der Waals surface area contributed by atoms with Gasteiger partial charge in [0, 0.05) is 50.7 Å². The van der Waals surface area contributed by atoms with Crippen molar-refractivity contribution in [2.45, 2.75) is 0 Å². The molecule has 1 aromatic carbocycles. The van der Waals surface area contributed by atoms with E-state index >= 15 is 0 Å². The van der Waals surface area contributed by atoms with Crippen molar-refractivity contribution in [3.05, 3.63) is 67.0 Å². The number of benzene rings is 1. The zero-order chi connectivity index (χ0) is 22.9. The van der Waals surface area contributed by atoms with Gasteiger partial charge in [0.25, 0.3) is 0 Å². The van der Waals surface area contributed by atoms with Gasteiger partial charge in [0.1, 0.15) is 23.7 Å². The molecule has 6 rings (SSSR count). The second-order valence-electron chi connectivity index (χ2n) is 8.19. The number of imidazole rings is 1. The molecule has 34 heavy (non-hydrogen) atoms. The first-order valence-electron chi connectivity index (χ1n) is 11.4. The molecule has 5 heterocycles. The molecule has 172 valence electrons. The number of hydrogen-bond acceptors (Lipinski definition) is 8. The van der Waals surface area contributed by atoms with Gasteiger partial charge in [0.15, 0.2) is 11.4 Å². The van der Waals surface area contributed by atoms with Crippen LogP contribution in [0, 0.1) is 0 Å². The number of para-hydroxylation sites is 1. The molecule has 9 nitrogen and oxygen atoms in total. The summed E-state index contributed by atoms with van der Waals surface area (Å²) in [5.41, 5.74) is 9.06. The van der Waals surface area contributed by atoms with Crippen LogP contribution in [-0.4, -0.2) is 58.9 Å². The van der Waals surface area contributed by atoms with Crippen LogP contribution in [0.1, 0.15) is 0 Å². The Morgan fingerprint density at radius 1 is 0.941 bits per heavy atom. The van der Waals surface area contributed by atoms with Gasteiger partial charge in [0.05, 0.1) is 11.6 Å². The van der Waals surface area contributed by atoms with Gasteiger partial charge in [0.2, 0.25) is 5.88 Å². The number of aromatic nitrogens is 4. The normalized spacial score (nSPS) is 14.3. The third-order valence-corrected chi connectivity index (χ3v) is 6.08. The number of hydrogen-bond donors (Lipinski definition) is 1. The van der Waals surface area contributed by atoms with Crippen molar-refractivity contribution < 1.29 is 9.15 Å². The van der Waals surface area contributed by atoms with Crippen LogP contribution in [0.5, 0.6) is 5.88 Å². The van der Waals surface area contributed by atoms with Gasteiger partial charge in [-0.1, -0.05) is 18.2 Å². The third kappa shape index (κ3) is 3.69. The van der Waals surface area contributed by atoms with Gasteiger partial charge < -0.3 is 24.7 Å². The number of nitrogens with zero attached hydrogens (tertiary/aromatic N) is 6. The molecule has 5 aromatic rings. The highest BCUT2D eigenvalue weighted by atomic mass is 16.5. The number of pyridine rings is 1. The summed E-state index contributed by atoms with van der Waals surface area (Å²) in [5.74, 6) is 2.11. The molecule has 0 atom stereocenters. The summed E-state index contributed by atoms with van der Waals surface area (Å²) in [6, 6.07) is 18.1. The number of furan rings is 1. The van der Waals surface area contributed by atoms with Gasteiger partial charge in [-0.2, -0.15) is 0 Å². The maximum absolute atomic E-state index is 6.22. The van der Waals surface area contributed by atoms with E-state index in [1.165, 1.54) is 5.69 Å². The second-order valence-corrected chi connectivity index (χ2v) is 8.19. The van der Waals surface area contributed by atoms with Crippen molar-refractivity contribution in [2.75, 3.05) is 49.1 Å². The van der Waals surface area contributed by atoms with E-state index in [0.29, 0.717) is 30.4 Å². The smallest absolute Gasteiger partial charge is 0.231 e. The Morgan fingerprint density at radius 3 is 2.59 bits per heavy atom. The lowest BCUT2D eigenvalue weighted by Gasteiger charge is -2.36. The molecule has 4 aromatic heterocycles. The molecule has 1 aliphatic heterocycles. The molecule has 0 aliphatic carbocycles. The monoisotopic (exact) mass is 455 g/mol. The lowest BCUT2D eigenvalue weighted by molar-refractivity contribution is 0.310. The summed E-state index contributed by atoms with van der Waals surface area (Å²) in [6.07, 6.45) is 3.57. The fourth-order valence-corrected chi connectivity index (χ4v) is 4.41. The second kappa shape index (κ2) is 8.68. The molecule has 0 amide bonds. The Balaban J connectivity index is 1.30. The molecular weight excluding hydrogens is 430 g/mol. The fraction of sp³-hybridized carbons (Fsp3) is 0.240. The minimum Gasteiger partial charge on any atom is -0.475 e. The van der Waals surface area contributed by atoms with Gasteiger partial charge in [-0.25, -0.2) is 14.5 Å². The standard InChI is InChI=1S/C25H25N7O2/c26-9-15-33-24-7-6-23-28-17-20(32(23)29-24)22-16-19-21(34-22)8-10-27-25(19)31-13-11-30(12-14-31)18-4-2-1-3-5-18/h1-8,10,16-17H,9,11-15,26H2. The van der Waals surface area contributed by atoms with E-state index in [0.717, 1.165) is 48.7 Å². The Kier molecular flexibility index (Phi) is 5.23. The van der Waals surface area contributed by atoms with Crippen LogP contribution in [0.2, 0.25) is 0 Å². The average Bonchev–Trinajstić information content (AvgIpc) is 3.52. The Labute approximate surface area is 196 Å². The van der Waals surface area contributed by atoms with E-state index in [-0.39, 0.29) is 0 Å². The minimum atomic E-state index is 0.403. The molecule has 1 fully saturated rings. The number of fused-ring (bicyclic) bond motifs is 2. The third-order valence-electron chi connectivity index (χ3n) is 6.08. The van der Waals surface area contributed by atoms with Gasteiger partial charge in [-0.3, -0.25) is 0 Å². The van der Waals surface area contributed by atoms with Crippen molar-refractivity contribution in [3.8, 4) is 17.3 Å². The SMILES string of the molecule is NCCOc1ccc2ncc(-c3cc4c(N5CCN(c6ccccc6)CC5)nccc4o3)n2n1. The van der Waals surface area contributed by atoms with Crippen LogP contribution >= 0.6 is 0 Å². The fourth-order valence-electron chi connectivity index (χ4n) is 4.41. The predicted octanol–water partition coefficient (Wildman–Crippen LogP) is 3.20. The Hall–Kier alpha value is -4.11. The van der Waals surface area contributed by atoms with Crippen LogP contribution in [0.3, 0.4) is 0 Å². The summed E-state index contributed by atoms with van der Waals surface area (Å²) in [6.45, 7) is 4.49. The Bertz CT molecular complexity index is 1420. The van der Waals surface area contributed by atoms with Crippen LogP contribution in [0.15, 0.2) is 71.4 Å². The molecule has 9 heteroatoms. The quantitative estimate of drug-likeness (QED) is 0.417. The number of piperazine rings is 1. The van der Waals surface area contributed by atoms with E-state index in [4.69, 9.17) is 19.9 Å². The highest BCUT2D eigenvalue weighted by Crippen LogP contribution is 2.33. The molecular formula is C25H25N7O2. The first kappa shape index (κ1) is 20.5. The van der Waals surface area contributed by atoms with E-state index in [1.807, 2.05) is 24.3 Å². The lowest BCUT2D eigenvalue weighted by atomic mass is 10.2. The average molecular weight is 456 g/mol. The molecule has 0 saturated carbocycles. The van der Waals surface area contributed by atoms with Crippen LogP contribution in [-0.2, 0) is 0 Å². The van der Waals surface area contributed by atoms with Gasteiger partial charge in [-0.05, 0) is 30.3 Å². The van der Waals surface area contributed by atoms with E-state index in [2.05, 4.69) is 44.1 Å². The molecule has 0 bridgehead atoms. The van der Waals surface area contributed by atoms with Crippen molar-refractivity contribution in [2.24, 2.45) is 5.73 Å². The molecule has 2 N–H and O–H groups in total. The number of anilines is 2. The van der Waals surface area contributed by atoms with Crippen molar-refractivity contribution in [3.63, 3.8) is 0 Å². The van der Waals surface area contributed by atoms with Crippen molar-refractivity contribution in [1.29, 1.82) is 0 Å². The zero-order valence-corrected chi connectivity index (χ0v) is 18.7. The molecule has 1 saturated heterocycles. The molecule has 0 unspecified atom stereocenters. The van der Waals surface area contributed by atoms with Crippen LogP contribution < -0.4 is 20.3 Å². The number of ether oxygens (including phenoxy) is 1. The molecule has 1 aliphatic rings. The summed E-state index contributed by atoms with van der Waals surface area (Å²) in [7, 11) is 0. The molecule has 0 spiro atoms. The van der Waals surface area contributed by atoms with Crippen LogP contribution in [0.4, 0.5) is 11.5 Å². The summed E-state index contributed by atoms with van der Waals surface area (Å²) in [4.78, 5) is 13.9. The first-order chi connectivity index (χ1) is 16.8. The van der Waals surface area contributed by atoms with Crippen molar-refractivity contribution >= 4 is 28.1 Å². The summed E-state index contributed by atoms with van der Waals surface area (Å²) in [5, 5.41) is 5.54. The lowest BCUT2D eigenvalue weighted by Crippen LogP contribution is -2.46. The van der Waals surface area contributed by atoms with Gasteiger partial charge in [-0.15, -0.1) is 5.10 Å². The van der Waals surface area contributed by atoms with E-state index < -0.39 is 0 Å². The largest absolute Gasteiger partial charge is 0.475 e. The van der Waals surface area contributed by atoms with Gasteiger partial charge >= 0.3 is 0 Å². The minimum absolute atomic E-state index is 0.403. The summed E-state index contributed by atoms with van der Waals surface area (Å²) >= 11 is 0. The topological polar surface area (TPSA) is 98.0 Å². The predicted molar refractivity (Wildman–Crippen MR) is 131 cm³/mol. The highest BCUT2D eigenvalue weighted by molar-refractivity contribution is 5.92. The highest BCUT2D eigenvalue weighted by Gasteiger charge is 2.22. The van der Waals surface area contributed by atoms with E-state index in [1.54, 1.807) is 23.0 Å². The maximum Gasteiger partial charge on any atom is 0.231 e. The Morgan fingerprint density at radius 2 is 1.76 bits per heavy atom.